The topological polar surface area (TPSA) is 42.0 Å². The van der Waals surface area contributed by atoms with Gasteiger partial charge in [0.15, 0.2) is 0 Å². The van der Waals surface area contributed by atoms with E-state index in [0.29, 0.717) is 17.3 Å². The van der Waals surface area contributed by atoms with Crippen LogP contribution in [0.1, 0.15) is 18.2 Å². The second kappa shape index (κ2) is 9.21. The van der Waals surface area contributed by atoms with Gasteiger partial charge in [0.2, 0.25) is 5.91 Å². The van der Waals surface area contributed by atoms with Gasteiger partial charge >= 0.3 is 0 Å². The Morgan fingerprint density at radius 1 is 1.19 bits per heavy atom. The van der Waals surface area contributed by atoms with Gasteiger partial charge in [0.25, 0.3) is 0 Å². The lowest BCUT2D eigenvalue weighted by Gasteiger charge is -2.12. The minimum Gasteiger partial charge on any atom is -0.351 e. The van der Waals surface area contributed by atoms with Gasteiger partial charge in [-0.15, -0.1) is 23.1 Å². The van der Waals surface area contributed by atoms with Crippen LogP contribution in [-0.2, 0) is 17.1 Å². The SMILES string of the molecule is CC(SCc1csc(-c2ccccc2)n1)C(=O)NCc1ccccc1Cl. The van der Waals surface area contributed by atoms with Crippen molar-refractivity contribution in [2.45, 2.75) is 24.5 Å². The van der Waals surface area contributed by atoms with E-state index in [-0.39, 0.29) is 11.2 Å². The fourth-order valence-electron chi connectivity index (χ4n) is 2.34. The highest BCUT2D eigenvalue weighted by Gasteiger charge is 2.14. The molecule has 3 rings (SSSR count). The average Bonchev–Trinajstić information content (AvgIpc) is 3.15. The number of thiazole rings is 1. The van der Waals surface area contributed by atoms with E-state index in [2.05, 4.69) is 27.8 Å². The largest absolute Gasteiger partial charge is 0.351 e. The Bertz CT molecular complexity index is 867. The molecule has 1 unspecified atom stereocenters. The Morgan fingerprint density at radius 2 is 1.92 bits per heavy atom. The zero-order chi connectivity index (χ0) is 18.4. The Morgan fingerprint density at radius 3 is 2.69 bits per heavy atom. The van der Waals surface area contributed by atoms with Gasteiger partial charge in [0.05, 0.1) is 10.9 Å². The average molecular weight is 403 g/mol. The Labute approximate surface area is 166 Å². The summed E-state index contributed by atoms with van der Waals surface area (Å²) in [6, 6.07) is 17.7. The molecule has 2 aromatic carbocycles. The number of hydrogen-bond donors (Lipinski definition) is 1. The van der Waals surface area contributed by atoms with Crippen molar-refractivity contribution >= 4 is 40.6 Å². The van der Waals surface area contributed by atoms with Crippen LogP contribution in [0.25, 0.3) is 10.6 Å². The van der Waals surface area contributed by atoms with Crippen LogP contribution in [0.15, 0.2) is 60.0 Å². The highest BCUT2D eigenvalue weighted by molar-refractivity contribution is 7.99. The number of amides is 1. The number of carbonyl (C=O) groups excluding carboxylic acids is 1. The van der Waals surface area contributed by atoms with Gasteiger partial charge in [-0.2, -0.15) is 0 Å². The second-order valence-corrected chi connectivity index (χ2v) is 8.37. The van der Waals surface area contributed by atoms with Gasteiger partial charge in [-0.3, -0.25) is 4.79 Å². The molecule has 1 aromatic heterocycles. The molecule has 3 nitrogen and oxygen atoms in total. The molecule has 0 aliphatic carbocycles. The van der Waals surface area contributed by atoms with Crippen molar-refractivity contribution in [3.8, 4) is 10.6 Å². The van der Waals surface area contributed by atoms with Gasteiger partial charge < -0.3 is 5.32 Å². The van der Waals surface area contributed by atoms with Crippen LogP contribution in [0.5, 0.6) is 0 Å². The smallest absolute Gasteiger partial charge is 0.233 e. The van der Waals surface area contributed by atoms with Gasteiger partial charge in [-0.1, -0.05) is 60.1 Å². The molecule has 1 amide bonds. The molecule has 3 aromatic rings. The summed E-state index contributed by atoms with van der Waals surface area (Å²) in [4.78, 5) is 16.9. The molecule has 1 heterocycles. The van der Waals surface area contributed by atoms with Crippen molar-refractivity contribution in [2.75, 3.05) is 0 Å². The number of halogens is 1. The molecule has 0 saturated carbocycles. The van der Waals surface area contributed by atoms with Crippen molar-refractivity contribution in [3.05, 3.63) is 76.3 Å². The number of nitrogens with zero attached hydrogens (tertiary/aromatic N) is 1. The maximum absolute atomic E-state index is 12.3. The van der Waals surface area contributed by atoms with E-state index >= 15 is 0 Å². The van der Waals surface area contributed by atoms with E-state index in [1.165, 1.54) is 0 Å². The molecule has 1 atom stereocenters. The fraction of sp³-hybridized carbons (Fsp3) is 0.200. The van der Waals surface area contributed by atoms with E-state index in [1.54, 1.807) is 23.1 Å². The first-order valence-corrected chi connectivity index (χ1v) is 10.6. The lowest BCUT2D eigenvalue weighted by molar-refractivity contribution is -0.120. The predicted molar refractivity (Wildman–Crippen MR) is 112 cm³/mol. The van der Waals surface area contributed by atoms with E-state index in [9.17, 15) is 4.79 Å². The van der Waals surface area contributed by atoms with Crippen LogP contribution in [0.3, 0.4) is 0 Å². The number of carbonyl (C=O) groups is 1. The van der Waals surface area contributed by atoms with Crippen LogP contribution in [-0.4, -0.2) is 16.1 Å². The summed E-state index contributed by atoms with van der Waals surface area (Å²) in [6.45, 7) is 2.36. The quantitative estimate of drug-likeness (QED) is 0.575. The van der Waals surface area contributed by atoms with Crippen LogP contribution in [0.2, 0.25) is 5.02 Å². The highest BCUT2D eigenvalue weighted by Crippen LogP contribution is 2.26. The lowest BCUT2D eigenvalue weighted by Crippen LogP contribution is -2.30. The molecule has 0 radical (unpaired) electrons. The monoisotopic (exact) mass is 402 g/mol. The summed E-state index contributed by atoms with van der Waals surface area (Å²) >= 11 is 9.33. The molecule has 0 aliphatic rings. The summed E-state index contributed by atoms with van der Waals surface area (Å²) < 4.78 is 0. The number of nitrogens with one attached hydrogen (secondary N) is 1. The number of thioether (sulfide) groups is 1. The number of rotatable bonds is 7. The second-order valence-electron chi connectivity index (χ2n) is 5.77. The summed E-state index contributed by atoms with van der Waals surface area (Å²) in [5.41, 5.74) is 3.05. The first-order valence-electron chi connectivity index (χ1n) is 8.26. The number of hydrogen-bond acceptors (Lipinski definition) is 4. The first-order chi connectivity index (χ1) is 12.6. The molecular formula is C20H19ClN2OS2. The van der Waals surface area contributed by atoms with Crippen molar-refractivity contribution in [2.24, 2.45) is 0 Å². The fourth-order valence-corrected chi connectivity index (χ4v) is 4.28. The lowest BCUT2D eigenvalue weighted by atomic mass is 10.2. The molecule has 0 aliphatic heterocycles. The van der Waals surface area contributed by atoms with Crippen LogP contribution in [0.4, 0.5) is 0 Å². The van der Waals surface area contributed by atoms with Crippen LogP contribution in [0, 0.1) is 0 Å². The minimum absolute atomic E-state index is 0.00781. The minimum atomic E-state index is -0.153. The molecular weight excluding hydrogens is 384 g/mol. The summed E-state index contributed by atoms with van der Waals surface area (Å²) in [5.74, 6) is 0.720. The van der Waals surface area contributed by atoms with Gasteiger partial charge in [0, 0.05) is 28.3 Å². The normalized spacial score (nSPS) is 11.9. The van der Waals surface area contributed by atoms with E-state index in [4.69, 9.17) is 11.6 Å². The van der Waals surface area contributed by atoms with Crippen molar-refractivity contribution in [3.63, 3.8) is 0 Å². The zero-order valence-corrected chi connectivity index (χ0v) is 16.7. The highest BCUT2D eigenvalue weighted by atomic mass is 35.5. The summed E-state index contributed by atoms with van der Waals surface area (Å²) in [7, 11) is 0. The van der Waals surface area contributed by atoms with Crippen molar-refractivity contribution in [1.29, 1.82) is 0 Å². The van der Waals surface area contributed by atoms with E-state index in [1.807, 2.05) is 49.4 Å². The van der Waals surface area contributed by atoms with Gasteiger partial charge in [-0.05, 0) is 18.6 Å². The van der Waals surface area contributed by atoms with Gasteiger partial charge in [-0.25, -0.2) is 4.98 Å². The zero-order valence-electron chi connectivity index (χ0n) is 14.3. The molecule has 26 heavy (non-hydrogen) atoms. The molecule has 0 spiro atoms. The maximum atomic E-state index is 12.3. The van der Waals surface area contributed by atoms with Gasteiger partial charge in [0.1, 0.15) is 5.01 Å². The summed E-state index contributed by atoms with van der Waals surface area (Å²) in [6.07, 6.45) is 0. The Hall–Kier alpha value is -1.82. The standard InChI is InChI=1S/C20H19ClN2OS2/c1-14(19(24)22-11-16-9-5-6-10-18(16)21)25-12-17-13-26-20(23-17)15-7-3-2-4-8-15/h2-10,13-14H,11-12H2,1H3,(H,22,24). The Kier molecular flexibility index (Phi) is 6.72. The number of aromatic nitrogens is 1. The Balaban J connectivity index is 1.49. The molecule has 0 fully saturated rings. The number of benzene rings is 2. The van der Waals surface area contributed by atoms with Crippen molar-refractivity contribution in [1.82, 2.24) is 10.3 Å². The molecule has 1 N–H and O–H groups in total. The third kappa shape index (κ3) is 5.10. The van der Waals surface area contributed by atoms with E-state index in [0.717, 1.165) is 21.8 Å². The molecule has 134 valence electrons. The molecule has 0 bridgehead atoms. The van der Waals surface area contributed by atoms with Crippen LogP contribution >= 0.6 is 34.7 Å². The van der Waals surface area contributed by atoms with Crippen molar-refractivity contribution < 1.29 is 4.79 Å². The van der Waals surface area contributed by atoms with E-state index < -0.39 is 0 Å². The third-order valence-electron chi connectivity index (χ3n) is 3.83. The molecule has 0 saturated heterocycles. The summed E-state index contributed by atoms with van der Waals surface area (Å²) in [5, 5.41) is 6.53. The third-order valence-corrected chi connectivity index (χ3v) is 6.32. The predicted octanol–water partition coefficient (Wildman–Crippen LogP) is 5.40. The first kappa shape index (κ1) is 19.0. The van der Waals surface area contributed by atoms with Crippen LogP contribution < -0.4 is 5.32 Å². The maximum Gasteiger partial charge on any atom is 0.233 e. The molecule has 6 heteroatoms.